The van der Waals surface area contributed by atoms with E-state index < -0.39 is 11.9 Å². The molecule has 0 aliphatic heterocycles. The number of phenolic OH excluding ortho intramolecular Hbond substituents is 4. The van der Waals surface area contributed by atoms with Gasteiger partial charge in [0, 0.05) is 12.2 Å². The van der Waals surface area contributed by atoms with E-state index in [-0.39, 0.29) is 23.0 Å². The van der Waals surface area contributed by atoms with Crippen LogP contribution in [0.4, 0.5) is 0 Å². The van der Waals surface area contributed by atoms with Crippen molar-refractivity contribution in [2.45, 2.75) is 154 Å². The van der Waals surface area contributed by atoms with Gasteiger partial charge in [0.1, 0.15) is 0 Å². The van der Waals surface area contributed by atoms with Crippen LogP contribution in [-0.2, 0) is 19.1 Å². The summed E-state index contributed by atoms with van der Waals surface area (Å²) in [6.45, 7) is 0.857. The lowest BCUT2D eigenvalue weighted by atomic mass is 10.0. The number of ether oxygens (including phenoxy) is 2. The molecule has 0 fully saturated rings. The van der Waals surface area contributed by atoms with Gasteiger partial charge in [-0.05, 0) is 60.4 Å². The molecule has 0 amide bonds. The van der Waals surface area contributed by atoms with Crippen molar-refractivity contribution in [2.24, 2.45) is 0 Å². The number of hydrogen-bond donors (Lipinski definition) is 4. The number of carbonyl (C=O) groups excluding carboxylic acids is 2. The van der Waals surface area contributed by atoms with E-state index in [2.05, 4.69) is 0 Å². The molecule has 0 spiro atoms. The molecule has 2 aromatic carbocycles. The Morgan fingerprint density at radius 2 is 0.635 bits per heavy atom. The number of rotatable bonds is 31. The average molecular weight is 723 g/mol. The second kappa shape index (κ2) is 29.6. The number of hydrogen-bond acceptors (Lipinski definition) is 8. The van der Waals surface area contributed by atoms with Gasteiger partial charge in [-0.25, -0.2) is 9.59 Å². The molecule has 8 nitrogen and oxygen atoms in total. The van der Waals surface area contributed by atoms with Crippen molar-refractivity contribution in [1.82, 2.24) is 0 Å². The highest BCUT2D eigenvalue weighted by atomic mass is 16.5. The third kappa shape index (κ3) is 23.5. The SMILES string of the molecule is O=C(C=Cc1ccc(O)c(O)c1)OCCCCCCCCCCCCCCCCCCCCCCCCCCOC(=O)C=Cc1ccc(O)c(O)c1. The molecule has 0 aliphatic carbocycles. The first-order valence-corrected chi connectivity index (χ1v) is 20.1. The predicted octanol–water partition coefficient (Wildman–Crippen LogP) is 11.7. The summed E-state index contributed by atoms with van der Waals surface area (Å²) in [5.41, 5.74) is 1.25. The lowest BCUT2D eigenvalue weighted by molar-refractivity contribution is -0.138. The minimum Gasteiger partial charge on any atom is -0.504 e. The molecule has 290 valence electrons. The normalized spacial score (nSPS) is 11.5. The molecule has 0 aliphatic rings. The fraction of sp³-hybridized carbons (Fsp3) is 0.591. The molecule has 0 saturated heterocycles. The zero-order chi connectivity index (χ0) is 37.5. The first kappa shape index (κ1) is 44.2. The molecule has 4 N–H and O–H groups in total. The van der Waals surface area contributed by atoms with E-state index in [1.807, 2.05) is 0 Å². The molecule has 8 heteroatoms. The molecule has 2 aromatic rings. The van der Waals surface area contributed by atoms with Crippen molar-refractivity contribution in [3.63, 3.8) is 0 Å². The monoisotopic (exact) mass is 722 g/mol. The van der Waals surface area contributed by atoms with E-state index in [1.165, 1.54) is 165 Å². The van der Waals surface area contributed by atoms with Crippen LogP contribution in [0.2, 0.25) is 0 Å². The molecule has 0 aromatic heterocycles. The Morgan fingerprint density at radius 1 is 0.385 bits per heavy atom. The van der Waals surface area contributed by atoms with Gasteiger partial charge in [0.25, 0.3) is 0 Å². The summed E-state index contributed by atoms with van der Waals surface area (Å²) in [7, 11) is 0. The summed E-state index contributed by atoms with van der Waals surface area (Å²) in [6.07, 6.45) is 36.3. The summed E-state index contributed by atoms with van der Waals surface area (Å²) >= 11 is 0. The molecule has 0 unspecified atom stereocenters. The summed E-state index contributed by atoms with van der Waals surface area (Å²) in [5.74, 6) is -1.59. The number of unbranched alkanes of at least 4 members (excludes halogenated alkanes) is 23. The molecule has 52 heavy (non-hydrogen) atoms. The standard InChI is InChI=1S/C44H66O8/c45-39-29-25-37(35-41(39)47)27-31-43(49)51-33-23-21-19-17-15-13-11-9-7-5-3-1-2-4-6-8-10-12-14-16-18-20-22-24-34-52-44(50)32-28-38-26-30-40(46)42(48)36-38/h25-32,35-36,45-48H,1-24,33-34H2. The van der Waals surface area contributed by atoms with Gasteiger partial charge in [-0.3, -0.25) is 0 Å². The quantitative estimate of drug-likeness (QED) is 0.0261. The van der Waals surface area contributed by atoms with Gasteiger partial charge in [0.2, 0.25) is 0 Å². The zero-order valence-corrected chi connectivity index (χ0v) is 31.6. The van der Waals surface area contributed by atoms with Crippen molar-refractivity contribution in [3.8, 4) is 23.0 Å². The van der Waals surface area contributed by atoms with Crippen molar-refractivity contribution >= 4 is 24.1 Å². The Labute approximate surface area is 313 Å². The topological polar surface area (TPSA) is 134 Å². The molecule has 0 heterocycles. The number of esters is 2. The Hall–Kier alpha value is -3.94. The van der Waals surface area contributed by atoms with Gasteiger partial charge in [-0.15, -0.1) is 0 Å². The van der Waals surface area contributed by atoms with Crippen molar-refractivity contribution in [3.05, 3.63) is 59.7 Å². The van der Waals surface area contributed by atoms with Crippen LogP contribution in [0.1, 0.15) is 165 Å². The fourth-order valence-electron chi connectivity index (χ4n) is 6.15. The maximum Gasteiger partial charge on any atom is 0.330 e. The number of benzene rings is 2. The summed E-state index contributed by atoms with van der Waals surface area (Å²) in [4.78, 5) is 23.6. The lowest BCUT2D eigenvalue weighted by Gasteiger charge is -2.05. The van der Waals surface area contributed by atoms with E-state index in [4.69, 9.17) is 9.47 Å². The number of phenols is 4. The van der Waals surface area contributed by atoms with Crippen molar-refractivity contribution in [1.29, 1.82) is 0 Å². The van der Waals surface area contributed by atoms with Crippen LogP contribution < -0.4 is 0 Å². The third-order valence-electron chi connectivity index (χ3n) is 9.35. The molecule has 0 saturated carbocycles. The van der Waals surface area contributed by atoms with E-state index in [0.29, 0.717) is 24.3 Å². The number of carbonyl (C=O) groups is 2. The largest absolute Gasteiger partial charge is 0.504 e. The molecule has 2 rings (SSSR count). The summed E-state index contributed by atoms with van der Waals surface area (Å²) in [5, 5.41) is 37.7. The van der Waals surface area contributed by atoms with Gasteiger partial charge in [0.05, 0.1) is 13.2 Å². The molecule has 0 atom stereocenters. The van der Waals surface area contributed by atoms with Crippen LogP contribution in [0.3, 0.4) is 0 Å². The predicted molar refractivity (Wildman–Crippen MR) is 210 cm³/mol. The van der Waals surface area contributed by atoms with Gasteiger partial charge in [0.15, 0.2) is 23.0 Å². The highest BCUT2D eigenvalue weighted by Crippen LogP contribution is 2.26. The molecule has 0 bridgehead atoms. The van der Waals surface area contributed by atoms with Gasteiger partial charge >= 0.3 is 11.9 Å². The lowest BCUT2D eigenvalue weighted by Crippen LogP contribution is -2.02. The first-order valence-electron chi connectivity index (χ1n) is 20.1. The van der Waals surface area contributed by atoms with E-state index in [0.717, 1.165) is 25.7 Å². The van der Waals surface area contributed by atoms with Crippen LogP contribution in [0.5, 0.6) is 23.0 Å². The summed E-state index contributed by atoms with van der Waals surface area (Å²) < 4.78 is 10.5. The fourth-order valence-corrected chi connectivity index (χ4v) is 6.15. The van der Waals surface area contributed by atoms with Gasteiger partial charge in [-0.1, -0.05) is 153 Å². The Bertz CT molecular complexity index is 1200. The second-order valence-corrected chi connectivity index (χ2v) is 14.0. The molecular weight excluding hydrogens is 656 g/mol. The molecular formula is C44H66O8. The van der Waals surface area contributed by atoms with Crippen LogP contribution in [-0.4, -0.2) is 45.6 Å². The van der Waals surface area contributed by atoms with E-state index in [9.17, 15) is 30.0 Å². The highest BCUT2D eigenvalue weighted by molar-refractivity contribution is 5.87. The van der Waals surface area contributed by atoms with Crippen LogP contribution in [0, 0.1) is 0 Å². The van der Waals surface area contributed by atoms with Crippen LogP contribution >= 0.6 is 0 Å². The smallest absolute Gasteiger partial charge is 0.330 e. The van der Waals surface area contributed by atoms with Crippen molar-refractivity contribution in [2.75, 3.05) is 13.2 Å². The second-order valence-electron chi connectivity index (χ2n) is 14.0. The van der Waals surface area contributed by atoms with E-state index in [1.54, 1.807) is 24.3 Å². The Kier molecular flexibility index (Phi) is 25.2. The maximum atomic E-state index is 11.8. The minimum absolute atomic E-state index is 0.187. The summed E-state index contributed by atoms with van der Waals surface area (Å²) in [6, 6.07) is 8.78. The van der Waals surface area contributed by atoms with E-state index >= 15 is 0 Å². The van der Waals surface area contributed by atoms with Crippen LogP contribution in [0.25, 0.3) is 12.2 Å². The molecule has 0 radical (unpaired) electrons. The minimum atomic E-state index is -0.393. The zero-order valence-electron chi connectivity index (χ0n) is 31.6. The average Bonchev–Trinajstić information content (AvgIpc) is 3.13. The third-order valence-corrected chi connectivity index (χ3v) is 9.35. The maximum absolute atomic E-state index is 11.8. The number of aromatic hydroxyl groups is 4. The van der Waals surface area contributed by atoms with Gasteiger partial charge in [-0.2, -0.15) is 0 Å². The highest BCUT2D eigenvalue weighted by Gasteiger charge is 2.03. The Morgan fingerprint density at radius 3 is 0.885 bits per heavy atom. The van der Waals surface area contributed by atoms with Gasteiger partial charge < -0.3 is 29.9 Å². The van der Waals surface area contributed by atoms with Crippen LogP contribution in [0.15, 0.2) is 48.6 Å². The first-order chi connectivity index (χ1) is 25.3. The Balaban J connectivity index is 1.22. The van der Waals surface area contributed by atoms with Crippen molar-refractivity contribution < 1.29 is 39.5 Å².